The molecule has 1 aliphatic rings. The van der Waals surface area contributed by atoms with E-state index in [0.717, 1.165) is 28.8 Å². The molecule has 1 aromatic heterocycles. The van der Waals surface area contributed by atoms with Gasteiger partial charge in [-0.1, -0.05) is 23.9 Å². The SMILES string of the molecule is Ic1ccc(-c2nnc3n2CCCS3)cc1. The molecule has 2 aromatic rings. The molecule has 0 saturated heterocycles. The van der Waals surface area contributed by atoms with E-state index < -0.39 is 0 Å². The van der Waals surface area contributed by atoms with Gasteiger partial charge in [0.1, 0.15) is 0 Å². The molecule has 0 N–H and O–H groups in total. The zero-order valence-electron chi connectivity index (χ0n) is 8.56. The number of halogens is 1. The molecule has 0 bridgehead atoms. The van der Waals surface area contributed by atoms with Crippen molar-refractivity contribution in [2.75, 3.05) is 5.75 Å². The van der Waals surface area contributed by atoms with Crippen LogP contribution in [0, 0.1) is 3.57 Å². The first kappa shape index (κ1) is 10.6. The van der Waals surface area contributed by atoms with E-state index in [4.69, 9.17) is 0 Å². The number of nitrogens with zero attached hydrogens (tertiary/aromatic N) is 3. The van der Waals surface area contributed by atoms with Crippen LogP contribution in [0.4, 0.5) is 0 Å². The van der Waals surface area contributed by atoms with E-state index in [2.05, 4.69) is 61.6 Å². The van der Waals surface area contributed by atoms with Gasteiger partial charge in [-0.15, -0.1) is 10.2 Å². The highest BCUT2D eigenvalue weighted by molar-refractivity contribution is 14.1. The number of rotatable bonds is 1. The van der Waals surface area contributed by atoms with Gasteiger partial charge < -0.3 is 4.57 Å². The predicted molar refractivity (Wildman–Crippen MR) is 73.5 cm³/mol. The van der Waals surface area contributed by atoms with Gasteiger partial charge in [0.05, 0.1) is 0 Å². The van der Waals surface area contributed by atoms with E-state index in [1.807, 2.05) is 0 Å². The standard InChI is InChI=1S/C11H10IN3S/c12-9-4-2-8(3-5-9)10-13-14-11-15(10)6-1-7-16-11/h2-5H,1,6-7H2. The highest BCUT2D eigenvalue weighted by Crippen LogP contribution is 2.28. The van der Waals surface area contributed by atoms with Crippen LogP contribution in [0.1, 0.15) is 6.42 Å². The van der Waals surface area contributed by atoms with E-state index in [1.54, 1.807) is 11.8 Å². The van der Waals surface area contributed by atoms with Crippen LogP contribution in [0.25, 0.3) is 11.4 Å². The van der Waals surface area contributed by atoms with Crippen molar-refractivity contribution in [3.05, 3.63) is 27.8 Å². The van der Waals surface area contributed by atoms with Crippen LogP contribution in [0.15, 0.2) is 29.4 Å². The average molecular weight is 343 g/mol. The number of thioether (sulfide) groups is 1. The lowest BCUT2D eigenvalue weighted by Crippen LogP contribution is -2.08. The van der Waals surface area contributed by atoms with Crippen LogP contribution >= 0.6 is 34.4 Å². The van der Waals surface area contributed by atoms with Gasteiger partial charge in [0.25, 0.3) is 0 Å². The first-order valence-corrected chi connectivity index (χ1v) is 7.23. The maximum atomic E-state index is 4.29. The predicted octanol–water partition coefficient (Wildman–Crippen LogP) is 3.05. The lowest BCUT2D eigenvalue weighted by molar-refractivity contribution is 0.612. The van der Waals surface area contributed by atoms with Gasteiger partial charge in [-0.05, 0) is 41.1 Å². The second-order valence-corrected chi connectivity index (χ2v) is 5.97. The molecule has 0 atom stereocenters. The Labute approximate surface area is 112 Å². The smallest absolute Gasteiger partial charge is 0.191 e. The van der Waals surface area contributed by atoms with Crippen LogP contribution in [0.3, 0.4) is 0 Å². The van der Waals surface area contributed by atoms with Crippen molar-refractivity contribution in [2.45, 2.75) is 18.1 Å². The average Bonchev–Trinajstić information content (AvgIpc) is 2.74. The van der Waals surface area contributed by atoms with Crippen molar-refractivity contribution >= 4 is 34.4 Å². The Morgan fingerprint density at radius 3 is 2.81 bits per heavy atom. The van der Waals surface area contributed by atoms with Crippen LogP contribution in [-0.2, 0) is 6.54 Å². The van der Waals surface area contributed by atoms with E-state index in [0.29, 0.717) is 0 Å². The number of fused-ring (bicyclic) bond motifs is 1. The first-order chi connectivity index (χ1) is 7.84. The van der Waals surface area contributed by atoms with Gasteiger partial charge in [-0.2, -0.15) is 0 Å². The van der Waals surface area contributed by atoms with Gasteiger partial charge >= 0.3 is 0 Å². The minimum Gasteiger partial charge on any atom is -0.302 e. The topological polar surface area (TPSA) is 30.7 Å². The van der Waals surface area contributed by atoms with Crippen LogP contribution < -0.4 is 0 Å². The number of hydrogen-bond acceptors (Lipinski definition) is 3. The molecule has 0 aliphatic carbocycles. The number of hydrogen-bond donors (Lipinski definition) is 0. The Kier molecular flexibility index (Phi) is 2.89. The molecule has 5 heteroatoms. The van der Waals surface area contributed by atoms with E-state index in [9.17, 15) is 0 Å². The molecule has 0 spiro atoms. The number of benzene rings is 1. The van der Waals surface area contributed by atoms with Crippen molar-refractivity contribution < 1.29 is 0 Å². The molecule has 0 amide bonds. The third kappa shape index (κ3) is 1.86. The fourth-order valence-corrected chi connectivity index (χ4v) is 3.04. The lowest BCUT2D eigenvalue weighted by atomic mass is 10.2. The Bertz CT molecular complexity index is 506. The van der Waals surface area contributed by atoms with Crippen LogP contribution in [0.5, 0.6) is 0 Å². The minimum absolute atomic E-state index is 0.999. The van der Waals surface area contributed by atoms with E-state index in [-0.39, 0.29) is 0 Å². The largest absolute Gasteiger partial charge is 0.302 e. The monoisotopic (exact) mass is 343 g/mol. The fraction of sp³-hybridized carbons (Fsp3) is 0.273. The van der Waals surface area contributed by atoms with Gasteiger partial charge in [0.2, 0.25) is 0 Å². The molecular weight excluding hydrogens is 333 g/mol. The van der Waals surface area contributed by atoms with Gasteiger partial charge in [0, 0.05) is 21.4 Å². The highest BCUT2D eigenvalue weighted by atomic mass is 127. The molecule has 82 valence electrons. The second kappa shape index (κ2) is 4.37. The summed E-state index contributed by atoms with van der Waals surface area (Å²) in [5.74, 6) is 2.16. The molecule has 16 heavy (non-hydrogen) atoms. The maximum Gasteiger partial charge on any atom is 0.191 e. The molecular formula is C11H10IN3S. The first-order valence-electron chi connectivity index (χ1n) is 5.16. The normalized spacial score (nSPS) is 14.8. The summed E-state index contributed by atoms with van der Waals surface area (Å²) in [6.45, 7) is 1.04. The molecule has 1 aromatic carbocycles. The molecule has 2 heterocycles. The van der Waals surface area contributed by atoms with Crippen molar-refractivity contribution in [1.82, 2.24) is 14.8 Å². The summed E-state index contributed by atoms with van der Waals surface area (Å²) < 4.78 is 3.46. The second-order valence-electron chi connectivity index (χ2n) is 3.67. The van der Waals surface area contributed by atoms with Crippen molar-refractivity contribution in [3.63, 3.8) is 0 Å². The van der Waals surface area contributed by atoms with Gasteiger partial charge in [-0.25, -0.2) is 0 Å². The highest BCUT2D eigenvalue weighted by Gasteiger charge is 2.17. The third-order valence-corrected chi connectivity index (χ3v) is 4.35. The van der Waals surface area contributed by atoms with Gasteiger partial charge in [-0.3, -0.25) is 0 Å². The number of aromatic nitrogens is 3. The molecule has 1 aliphatic heterocycles. The van der Waals surface area contributed by atoms with E-state index >= 15 is 0 Å². The van der Waals surface area contributed by atoms with Gasteiger partial charge in [0.15, 0.2) is 11.0 Å². The summed E-state index contributed by atoms with van der Waals surface area (Å²) in [7, 11) is 0. The zero-order chi connectivity index (χ0) is 11.0. The summed E-state index contributed by atoms with van der Waals surface area (Å²) in [4.78, 5) is 0. The summed E-state index contributed by atoms with van der Waals surface area (Å²) in [6.07, 6.45) is 1.20. The van der Waals surface area contributed by atoms with Crippen molar-refractivity contribution in [1.29, 1.82) is 0 Å². The van der Waals surface area contributed by atoms with Crippen molar-refractivity contribution in [2.24, 2.45) is 0 Å². The quantitative estimate of drug-likeness (QED) is 0.746. The van der Waals surface area contributed by atoms with Crippen LogP contribution in [0.2, 0.25) is 0 Å². The molecule has 0 unspecified atom stereocenters. The molecule has 0 fully saturated rings. The van der Waals surface area contributed by atoms with Crippen molar-refractivity contribution in [3.8, 4) is 11.4 Å². The maximum absolute atomic E-state index is 4.29. The Hall–Kier alpha value is -0.560. The fourth-order valence-electron chi connectivity index (χ4n) is 1.80. The Balaban J connectivity index is 2.06. The molecule has 0 saturated carbocycles. The third-order valence-electron chi connectivity index (χ3n) is 2.58. The Morgan fingerprint density at radius 1 is 1.19 bits per heavy atom. The molecule has 0 radical (unpaired) electrons. The summed E-state index contributed by atoms with van der Waals surface area (Å²) in [5, 5.41) is 9.57. The lowest BCUT2D eigenvalue weighted by Gasteiger charge is -2.13. The summed E-state index contributed by atoms with van der Waals surface area (Å²) in [6, 6.07) is 8.43. The summed E-state index contributed by atoms with van der Waals surface area (Å²) >= 11 is 4.11. The van der Waals surface area contributed by atoms with E-state index in [1.165, 1.54) is 9.99 Å². The zero-order valence-corrected chi connectivity index (χ0v) is 11.5. The minimum atomic E-state index is 0.999. The molecule has 3 nitrogen and oxygen atoms in total. The Morgan fingerprint density at radius 2 is 2.00 bits per heavy atom. The van der Waals surface area contributed by atoms with Crippen LogP contribution in [-0.4, -0.2) is 20.5 Å². The summed E-state index contributed by atoms with van der Waals surface area (Å²) in [5.41, 5.74) is 1.15. The molecule has 3 rings (SSSR count).